The largest absolute Gasteiger partial charge is 0.488 e. The van der Waals surface area contributed by atoms with Gasteiger partial charge >= 0.3 is 0 Å². The molecule has 3 aromatic carbocycles. The van der Waals surface area contributed by atoms with E-state index in [4.69, 9.17) is 9.47 Å². The van der Waals surface area contributed by atoms with Gasteiger partial charge in [-0.1, -0.05) is 48.5 Å². The highest BCUT2D eigenvalue weighted by atomic mass is 32.2. The lowest BCUT2D eigenvalue weighted by molar-refractivity contribution is 0.0548. The van der Waals surface area contributed by atoms with E-state index in [1.807, 2.05) is 31.2 Å². The third-order valence-corrected chi connectivity index (χ3v) is 9.27. The zero-order valence-corrected chi connectivity index (χ0v) is 21.5. The van der Waals surface area contributed by atoms with Gasteiger partial charge in [-0.3, -0.25) is 0 Å². The lowest BCUT2D eigenvalue weighted by Gasteiger charge is -2.39. The van der Waals surface area contributed by atoms with Crippen LogP contribution in [0.2, 0.25) is 0 Å². The van der Waals surface area contributed by atoms with Crippen LogP contribution < -0.4 is 9.47 Å². The molecule has 0 N–H and O–H groups in total. The van der Waals surface area contributed by atoms with Crippen molar-refractivity contribution in [3.05, 3.63) is 88.5 Å². The van der Waals surface area contributed by atoms with Gasteiger partial charge in [-0.05, 0) is 81.8 Å². The maximum Gasteiger partial charge on any atom is 0.181 e. The Labute approximate surface area is 203 Å². The molecule has 0 saturated heterocycles. The van der Waals surface area contributed by atoms with Gasteiger partial charge < -0.3 is 9.47 Å². The molecule has 1 unspecified atom stereocenters. The zero-order valence-electron chi connectivity index (χ0n) is 20.7. The van der Waals surface area contributed by atoms with Gasteiger partial charge in [0.15, 0.2) is 9.84 Å². The van der Waals surface area contributed by atoms with Gasteiger partial charge in [-0.25, -0.2) is 8.42 Å². The highest BCUT2D eigenvalue weighted by Crippen LogP contribution is 2.45. The Morgan fingerprint density at radius 2 is 1.56 bits per heavy atom. The third kappa shape index (κ3) is 4.72. The van der Waals surface area contributed by atoms with Crippen molar-refractivity contribution < 1.29 is 17.9 Å². The summed E-state index contributed by atoms with van der Waals surface area (Å²) in [5.74, 6) is 1.81. The van der Waals surface area contributed by atoms with E-state index >= 15 is 0 Å². The molecule has 1 heterocycles. The summed E-state index contributed by atoms with van der Waals surface area (Å²) in [6, 6.07) is 18.9. The van der Waals surface area contributed by atoms with Gasteiger partial charge in [0.25, 0.3) is 0 Å². The number of benzene rings is 3. The first-order valence-electron chi connectivity index (χ1n) is 11.9. The van der Waals surface area contributed by atoms with Crippen molar-refractivity contribution >= 4 is 9.84 Å². The van der Waals surface area contributed by atoms with E-state index in [0.29, 0.717) is 17.9 Å². The van der Waals surface area contributed by atoms with Crippen molar-refractivity contribution in [1.29, 1.82) is 0 Å². The second kappa shape index (κ2) is 9.46. The minimum atomic E-state index is -3.42. The molecule has 0 saturated carbocycles. The summed E-state index contributed by atoms with van der Waals surface area (Å²) in [6.45, 7) is 10.6. The maximum atomic E-state index is 13.1. The molecule has 3 aromatic rings. The first-order valence-corrected chi connectivity index (χ1v) is 13.4. The molecule has 180 valence electrons. The summed E-state index contributed by atoms with van der Waals surface area (Å²) in [6.07, 6.45) is 2.03. The number of rotatable bonds is 7. The fraction of sp³-hybridized carbons (Fsp3) is 0.379. The van der Waals surface area contributed by atoms with Crippen LogP contribution in [-0.2, 0) is 22.9 Å². The Morgan fingerprint density at radius 3 is 2.21 bits per heavy atom. The van der Waals surface area contributed by atoms with E-state index in [2.05, 4.69) is 32.9 Å². The molecule has 2 atom stereocenters. The standard InChI is InChI=1S/C29H34O4S/c1-20(34(30,31)25-14-10-7-11-15-25)18-29(5)17-16-26-23(4)27(21(2)22(3)28(26)33-29)32-19-24-12-8-6-9-13-24/h6-15,20H,16-19H2,1-5H3/t20?,29-/m0/s1. The first-order chi connectivity index (χ1) is 16.1. The third-order valence-electron chi connectivity index (χ3n) is 7.11. The van der Waals surface area contributed by atoms with E-state index in [0.717, 1.165) is 46.6 Å². The van der Waals surface area contributed by atoms with Crippen LogP contribution >= 0.6 is 0 Å². The van der Waals surface area contributed by atoms with E-state index < -0.39 is 20.7 Å². The molecule has 0 radical (unpaired) electrons. The summed E-state index contributed by atoms with van der Waals surface area (Å²) in [5, 5.41) is -0.544. The summed E-state index contributed by atoms with van der Waals surface area (Å²) in [5.41, 5.74) is 5.00. The predicted molar refractivity (Wildman–Crippen MR) is 136 cm³/mol. The van der Waals surface area contributed by atoms with E-state index in [1.165, 1.54) is 5.56 Å². The molecule has 0 fully saturated rings. The second-order valence-corrected chi connectivity index (χ2v) is 12.1. The lowest BCUT2D eigenvalue weighted by atomic mass is 9.85. The number of hydrogen-bond acceptors (Lipinski definition) is 4. The van der Waals surface area contributed by atoms with Gasteiger partial charge in [0.05, 0.1) is 10.1 Å². The lowest BCUT2D eigenvalue weighted by Crippen LogP contribution is -2.41. The Bertz CT molecular complexity index is 1270. The van der Waals surface area contributed by atoms with Gasteiger partial charge in [0.2, 0.25) is 0 Å². The quantitative estimate of drug-likeness (QED) is 0.388. The number of sulfone groups is 1. The molecule has 1 aliphatic rings. The van der Waals surface area contributed by atoms with Crippen LogP contribution in [0.15, 0.2) is 65.6 Å². The fourth-order valence-electron chi connectivity index (χ4n) is 4.93. The van der Waals surface area contributed by atoms with Gasteiger partial charge in [0.1, 0.15) is 23.7 Å². The Hall–Kier alpha value is -2.79. The first kappa shape index (κ1) is 24.3. The fourth-order valence-corrected chi connectivity index (χ4v) is 6.50. The van der Waals surface area contributed by atoms with Crippen molar-refractivity contribution in [3.63, 3.8) is 0 Å². The summed E-state index contributed by atoms with van der Waals surface area (Å²) < 4.78 is 39.1. The Balaban J connectivity index is 1.57. The summed E-state index contributed by atoms with van der Waals surface area (Å²) in [4.78, 5) is 0.366. The van der Waals surface area contributed by atoms with Crippen LogP contribution in [0.1, 0.15) is 54.5 Å². The van der Waals surface area contributed by atoms with Crippen LogP contribution in [-0.4, -0.2) is 19.3 Å². The van der Waals surface area contributed by atoms with Crippen molar-refractivity contribution in [2.24, 2.45) is 0 Å². The van der Waals surface area contributed by atoms with E-state index in [9.17, 15) is 8.42 Å². The molecule has 0 aromatic heterocycles. The molecule has 4 rings (SSSR count). The molecule has 0 spiro atoms. The topological polar surface area (TPSA) is 52.6 Å². The normalized spacial score (nSPS) is 18.6. The summed E-state index contributed by atoms with van der Waals surface area (Å²) in [7, 11) is -3.42. The average molecular weight is 479 g/mol. The molecule has 5 heteroatoms. The van der Waals surface area contributed by atoms with Crippen LogP contribution in [0.5, 0.6) is 11.5 Å². The SMILES string of the molecule is Cc1c(C)c2c(c(C)c1OCc1ccccc1)CC[C@@](C)(CC(C)S(=O)(=O)c1ccccc1)O2. The molecule has 34 heavy (non-hydrogen) atoms. The molecule has 1 aliphatic heterocycles. The highest BCUT2D eigenvalue weighted by Gasteiger charge is 2.39. The van der Waals surface area contributed by atoms with Crippen molar-refractivity contribution in [2.45, 2.75) is 76.2 Å². The molecule has 0 amide bonds. The number of ether oxygens (including phenoxy) is 2. The monoisotopic (exact) mass is 478 g/mol. The van der Waals surface area contributed by atoms with E-state index in [-0.39, 0.29) is 0 Å². The average Bonchev–Trinajstić information content (AvgIpc) is 2.83. The number of fused-ring (bicyclic) bond motifs is 1. The minimum Gasteiger partial charge on any atom is -0.488 e. The van der Waals surface area contributed by atoms with Crippen LogP contribution in [0.3, 0.4) is 0 Å². The predicted octanol–water partition coefficient (Wildman–Crippen LogP) is 6.53. The molecule has 0 bridgehead atoms. The summed E-state index contributed by atoms with van der Waals surface area (Å²) >= 11 is 0. The highest BCUT2D eigenvalue weighted by molar-refractivity contribution is 7.92. The minimum absolute atomic E-state index is 0.366. The van der Waals surface area contributed by atoms with Crippen molar-refractivity contribution in [1.82, 2.24) is 0 Å². The van der Waals surface area contributed by atoms with Crippen LogP contribution in [0, 0.1) is 20.8 Å². The van der Waals surface area contributed by atoms with Gasteiger partial charge in [0, 0.05) is 12.0 Å². The van der Waals surface area contributed by atoms with Crippen LogP contribution in [0.4, 0.5) is 0 Å². The molecule has 4 nitrogen and oxygen atoms in total. The second-order valence-electron chi connectivity index (χ2n) is 9.71. The molecule has 0 aliphatic carbocycles. The smallest absolute Gasteiger partial charge is 0.181 e. The maximum absolute atomic E-state index is 13.1. The van der Waals surface area contributed by atoms with E-state index in [1.54, 1.807) is 31.2 Å². The van der Waals surface area contributed by atoms with Crippen molar-refractivity contribution in [2.75, 3.05) is 0 Å². The van der Waals surface area contributed by atoms with Crippen molar-refractivity contribution in [3.8, 4) is 11.5 Å². The van der Waals surface area contributed by atoms with Crippen LogP contribution in [0.25, 0.3) is 0 Å². The zero-order chi connectivity index (χ0) is 24.5. The molecular formula is C29H34O4S. The van der Waals surface area contributed by atoms with Gasteiger partial charge in [-0.2, -0.15) is 0 Å². The number of hydrogen-bond donors (Lipinski definition) is 0. The molecular weight excluding hydrogens is 444 g/mol. The Kier molecular flexibility index (Phi) is 6.77. The Morgan fingerprint density at radius 1 is 0.941 bits per heavy atom. The van der Waals surface area contributed by atoms with Gasteiger partial charge in [-0.15, -0.1) is 0 Å².